The van der Waals surface area contributed by atoms with Crippen LogP contribution in [0.3, 0.4) is 0 Å². The van der Waals surface area contributed by atoms with Crippen molar-refractivity contribution in [2.75, 3.05) is 26.2 Å². The average molecular weight is 550 g/mol. The predicted molar refractivity (Wildman–Crippen MR) is 139 cm³/mol. The quantitative estimate of drug-likeness (QED) is 0.142. The van der Waals surface area contributed by atoms with Gasteiger partial charge in [0.25, 0.3) is 5.91 Å². The van der Waals surface area contributed by atoms with Crippen molar-refractivity contribution in [1.82, 2.24) is 25.5 Å². The molecule has 0 bridgehead atoms. The van der Waals surface area contributed by atoms with Gasteiger partial charge in [-0.3, -0.25) is 9.79 Å². The number of phenols is 1. The molecule has 0 fully saturated rings. The van der Waals surface area contributed by atoms with Crippen molar-refractivity contribution in [3.63, 3.8) is 0 Å². The lowest BCUT2D eigenvalue weighted by molar-refractivity contribution is 0.0954. The summed E-state index contributed by atoms with van der Waals surface area (Å²) in [6, 6.07) is 14.3. The van der Waals surface area contributed by atoms with Crippen LogP contribution in [0.4, 0.5) is 0 Å². The summed E-state index contributed by atoms with van der Waals surface area (Å²) in [5, 5.41) is 18.6. The van der Waals surface area contributed by atoms with Crippen LogP contribution >= 0.6 is 24.0 Å². The first-order valence-electron chi connectivity index (χ1n) is 10.6. The number of nitrogens with one attached hydrogen (secondary N) is 3. The van der Waals surface area contributed by atoms with E-state index in [-0.39, 0.29) is 35.6 Å². The monoisotopic (exact) mass is 550 g/mol. The number of halogens is 1. The fourth-order valence-corrected chi connectivity index (χ4v) is 3.31. The van der Waals surface area contributed by atoms with Crippen molar-refractivity contribution in [3.8, 4) is 5.75 Å². The first-order chi connectivity index (χ1) is 15.1. The largest absolute Gasteiger partial charge is 0.508 e. The van der Waals surface area contributed by atoms with Crippen LogP contribution in [0.1, 0.15) is 29.5 Å². The van der Waals surface area contributed by atoms with Gasteiger partial charge in [0.2, 0.25) is 0 Å². The molecule has 1 heterocycles. The molecule has 8 nitrogen and oxygen atoms in total. The smallest absolute Gasteiger partial charge is 0.251 e. The van der Waals surface area contributed by atoms with Gasteiger partial charge in [-0.25, -0.2) is 4.98 Å². The van der Waals surface area contributed by atoms with Crippen LogP contribution in [-0.2, 0) is 6.54 Å². The van der Waals surface area contributed by atoms with Gasteiger partial charge in [-0.2, -0.15) is 0 Å². The van der Waals surface area contributed by atoms with E-state index in [0.29, 0.717) is 25.2 Å². The highest BCUT2D eigenvalue weighted by molar-refractivity contribution is 14.0. The molecule has 0 atom stereocenters. The highest BCUT2D eigenvalue weighted by Crippen LogP contribution is 2.15. The molecule has 0 saturated carbocycles. The Morgan fingerprint density at radius 3 is 2.53 bits per heavy atom. The molecular formula is C23H31IN6O2. The second-order valence-corrected chi connectivity index (χ2v) is 7.14. The minimum atomic E-state index is -0.174. The number of amides is 1. The molecular weight excluding hydrogens is 519 g/mol. The Bertz CT molecular complexity index is 1030. The Balaban J connectivity index is 0.00000363. The van der Waals surface area contributed by atoms with Gasteiger partial charge in [0.05, 0.1) is 11.0 Å². The zero-order valence-corrected chi connectivity index (χ0v) is 20.8. The van der Waals surface area contributed by atoms with Crippen LogP contribution in [0.25, 0.3) is 11.0 Å². The summed E-state index contributed by atoms with van der Waals surface area (Å²) < 4.78 is 2.23. The van der Waals surface area contributed by atoms with Crippen LogP contribution in [0.2, 0.25) is 0 Å². The van der Waals surface area contributed by atoms with Crippen molar-refractivity contribution in [2.24, 2.45) is 4.99 Å². The van der Waals surface area contributed by atoms with Crippen molar-refractivity contribution in [3.05, 3.63) is 59.9 Å². The Morgan fingerprint density at radius 2 is 1.78 bits per heavy atom. The molecule has 0 unspecified atom stereocenters. The molecule has 0 spiro atoms. The van der Waals surface area contributed by atoms with Crippen molar-refractivity contribution >= 4 is 46.9 Å². The van der Waals surface area contributed by atoms with Gasteiger partial charge in [-0.1, -0.05) is 12.1 Å². The van der Waals surface area contributed by atoms with E-state index in [1.165, 1.54) is 12.1 Å². The third-order valence-corrected chi connectivity index (χ3v) is 4.83. The van der Waals surface area contributed by atoms with Gasteiger partial charge in [0.1, 0.15) is 11.6 Å². The normalized spacial score (nSPS) is 11.1. The van der Waals surface area contributed by atoms with E-state index in [2.05, 4.69) is 36.6 Å². The number of aliphatic imine (C=N–C) groups is 1. The SMILES string of the molecule is CCNC(=NCCCn1c(C)nc2ccccc21)NCCNC(=O)c1ccc(O)cc1.I. The van der Waals surface area contributed by atoms with Crippen LogP contribution in [-0.4, -0.2) is 52.7 Å². The predicted octanol–water partition coefficient (Wildman–Crippen LogP) is 3.04. The number of guanidine groups is 1. The maximum atomic E-state index is 12.1. The number of phenolic OH excluding ortho intramolecular Hbond substituents is 1. The molecule has 0 aliphatic heterocycles. The molecule has 172 valence electrons. The molecule has 0 aliphatic rings. The van der Waals surface area contributed by atoms with Crippen molar-refractivity contribution < 1.29 is 9.90 Å². The van der Waals surface area contributed by atoms with Crippen molar-refractivity contribution in [1.29, 1.82) is 0 Å². The molecule has 2 aromatic carbocycles. The number of rotatable bonds is 9. The number of hydrogen-bond donors (Lipinski definition) is 4. The molecule has 4 N–H and O–H groups in total. The second-order valence-electron chi connectivity index (χ2n) is 7.14. The van der Waals surface area contributed by atoms with E-state index in [4.69, 9.17) is 0 Å². The number of para-hydroxylation sites is 2. The van der Waals surface area contributed by atoms with E-state index < -0.39 is 0 Å². The molecule has 0 aliphatic carbocycles. The summed E-state index contributed by atoms with van der Waals surface area (Å²) in [4.78, 5) is 21.3. The average Bonchev–Trinajstić information content (AvgIpc) is 3.09. The maximum absolute atomic E-state index is 12.1. The number of imidazole rings is 1. The third-order valence-electron chi connectivity index (χ3n) is 4.83. The highest BCUT2D eigenvalue weighted by atomic mass is 127. The van der Waals surface area contributed by atoms with Gasteiger partial charge >= 0.3 is 0 Å². The van der Waals surface area contributed by atoms with E-state index in [1.807, 2.05) is 32.0 Å². The first-order valence-corrected chi connectivity index (χ1v) is 10.6. The molecule has 32 heavy (non-hydrogen) atoms. The van der Waals surface area contributed by atoms with E-state index in [9.17, 15) is 9.90 Å². The van der Waals surface area contributed by atoms with Crippen LogP contribution < -0.4 is 16.0 Å². The summed E-state index contributed by atoms with van der Waals surface area (Å²) >= 11 is 0. The number of hydrogen-bond acceptors (Lipinski definition) is 4. The van der Waals surface area contributed by atoms with E-state index >= 15 is 0 Å². The maximum Gasteiger partial charge on any atom is 0.251 e. The zero-order valence-electron chi connectivity index (χ0n) is 18.5. The number of aryl methyl sites for hydroxylation is 2. The summed E-state index contributed by atoms with van der Waals surface area (Å²) in [6.07, 6.45) is 0.898. The lowest BCUT2D eigenvalue weighted by Crippen LogP contribution is -2.41. The minimum Gasteiger partial charge on any atom is -0.508 e. The number of carbonyl (C=O) groups is 1. The summed E-state index contributed by atoms with van der Waals surface area (Å²) in [5.74, 6) is 1.71. The Hall–Kier alpha value is -2.82. The number of carbonyl (C=O) groups excluding carboxylic acids is 1. The Labute approximate surface area is 205 Å². The van der Waals surface area contributed by atoms with E-state index in [1.54, 1.807) is 12.1 Å². The lowest BCUT2D eigenvalue weighted by atomic mass is 10.2. The van der Waals surface area contributed by atoms with Crippen LogP contribution in [0, 0.1) is 6.92 Å². The van der Waals surface area contributed by atoms with Gasteiger partial charge in [-0.15, -0.1) is 24.0 Å². The topological polar surface area (TPSA) is 104 Å². The van der Waals surface area contributed by atoms with Gasteiger partial charge in [-0.05, 0) is 56.7 Å². The molecule has 3 rings (SSSR count). The van der Waals surface area contributed by atoms with E-state index in [0.717, 1.165) is 42.3 Å². The summed E-state index contributed by atoms with van der Waals surface area (Å²) in [6.45, 7) is 7.37. The van der Waals surface area contributed by atoms with Gasteiger partial charge in [0.15, 0.2) is 5.96 Å². The fraction of sp³-hybridized carbons (Fsp3) is 0.348. The second kappa shape index (κ2) is 12.9. The number of aromatic hydroxyl groups is 1. The van der Waals surface area contributed by atoms with Gasteiger partial charge in [0, 0.05) is 38.3 Å². The van der Waals surface area contributed by atoms with Gasteiger partial charge < -0.3 is 25.6 Å². The summed E-state index contributed by atoms with van der Waals surface area (Å²) in [7, 11) is 0. The molecule has 9 heteroatoms. The molecule has 1 amide bonds. The van der Waals surface area contributed by atoms with Crippen molar-refractivity contribution in [2.45, 2.75) is 26.8 Å². The van der Waals surface area contributed by atoms with Crippen LogP contribution in [0.15, 0.2) is 53.5 Å². The summed E-state index contributed by atoms with van der Waals surface area (Å²) in [5.41, 5.74) is 2.69. The molecule has 0 radical (unpaired) electrons. The first kappa shape index (κ1) is 25.4. The number of aromatic nitrogens is 2. The Morgan fingerprint density at radius 1 is 1.06 bits per heavy atom. The third kappa shape index (κ3) is 7.11. The van der Waals surface area contributed by atoms with Crippen LogP contribution in [0.5, 0.6) is 5.75 Å². The zero-order chi connectivity index (χ0) is 22.1. The Kier molecular flexibility index (Phi) is 10.3. The lowest BCUT2D eigenvalue weighted by Gasteiger charge is -2.12. The molecule has 3 aromatic rings. The number of benzene rings is 2. The molecule has 0 saturated heterocycles. The number of nitrogens with zero attached hydrogens (tertiary/aromatic N) is 3. The fourth-order valence-electron chi connectivity index (χ4n) is 3.31. The minimum absolute atomic E-state index is 0. The highest BCUT2D eigenvalue weighted by Gasteiger charge is 2.07. The number of fused-ring (bicyclic) bond motifs is 1. The molecule has 1 aromatic heterocycles. The standard InChI is InChI=1S/C23H30N6O2.HI/c1-3-24-23(27-15-14-25-22(31)18-9-11-19(30)12-10-18)26-13-6-16-29-17(2)28-20-7-4-5-8-21(20)29;/h4-5,7-12,30H,3,6,13-16H2,1-2H3,(H,25,31)(H2,24,26,27);1H.